The summed E-state index contributed by atoms with van der Waals surface area (Å²) in [7, 11) is 0. The van der Waals surface area contributed by atoms with E-state index in [1.54, 1.807) is 24.3 Å². The minimum atomic E-state index is -0.299. The Morgan fingerprint density at radius 1 is 0.739 bits per heavy atom. The molecule has 0 unspecified atom stereocenters. The van der Waals surface area contributed by atoms with Crippen molar-refractivity contribution in [1.82, 2.24) is 5.32 Å². The van der Waals surface area contributed by atoms with Gasteiger partial charge < -0.3 is 5.32 Å². The van der Waals surface area contributed by atoms with Gasteiger partial charge in [-0.3, -0.25) is 4.79 Å². The normalized spacial score (nSPS) is 27.9. The molecule has 0 spiro atoms. The summed E-state index contributed by atoms with van der Waals surface area (Å²) in [5, 5.41) is 3.49. The highest BCUT2D eigenvalue weighted by Gasteiger charge is 2.40. The van der Waals surface area contributed by atoms with E-state index in [1.807, 2.05) is 13.8 Å². The number of rotatable bonds is 2. The maximum atomic E-state index is 13.1. The van der Waals surface area contributed by atoms with Crippen LogP contribution >= 0.6 is 0 Å². The van der Waals surface area contributed by atoms with Crippen molar-refractivity contribution in [2.75, 3.05) is 0 Å². The second-order valence-electron chi connectivity index (χ2n) is 6.20. The number of halogens is 2. The van der Waals surface area contributed by atoms with E-state index >= 15 is 0 Å². The third-order valence-corrected chi connectivity index (χ3v) is 4.71. The van der Waals surface area contributed by atoms with E-state index < -0.39 is 0 Å². The number of hydrogen-bond donors (Lipinski definition) is 1. The molecule has 1 fully saturated rings. The number of hydrogen-bond acceptors (Lipinski definition) is 2. The highest BCUT2D eigenvalue weighted by Crippen LogP contribution is 2.38. The van der Waals surface area contributed by atoms with E-state index in [9.17, 15) is 13.6 Å². The summed E-state index contributed by atoms with van der Waals surface area (Å²) >= 11 is 0. The molecule has 0 radical (unpaired) electrons. The van der Waals surface area contributed by atoms with Crippen molar-refractivity contribution in [2.24, 2.45) is 11.8 Å². The van der Waals surface area contributed by atoms with Crippen molar-refractivity contribution in [3.63, 3.8) is 0 Å². The third-order valence-electron chi connectivity index (χ3n) is 4.71. The van der Waals surface area contributed by atoms with Gasteiger partial charge in [-0.2, -0.15) is 0 Å². The Morgan fingerprint density at radius 3 is 1.43 bits per heavy atom. The summed E-state index contributed by atoms with van der Waals surface area (Å²) in [4.78, 5) is 12.6. The van der Waals surface area contributed by atoms with Crippen LogP contribution in [0.25, 0.3) is 0 Å². The Balaban J connectivity index is 1.94. The highest BCUT2D eigenvalue weighted by molar-refractivity contribution is 5.85. The molecule has 120 valence electrons. The lowest BCUT2D eigenvalue weighted by Crippen LogP contribution is -2.46. The predicted octanol–water partition coefficient (Wildman–Crippen LogP) is 4.19. The molecule has 2 nitrogen and oxygen atoms in total. The van der Waals surface area contributed by atoms with Crippen molar-refractivity contribution in [1.29, 1.82) is 0 Å². The number of carbonyl (C=O) groups is 1. The number of nitrogens with one attached hydrogen (secondary N) is 1. The maximum absolute atomic E-state index is 13.1. The molecule has 1 aliphatic heterocycles. The van der Waals surface area contributed by atoms with Crippen LogP contribution in [0.15, 0.2) is 48.5 Å². The van der Waals surface area contributed by atoms with E-state index in [0.717, 1.165) is 11.1 Å². The van der Waals surface area contributed by atoms with E-state index in [2.05, 4.69) is 5.32 Å². The molecular weight excluding hydrogens is 296 g/mol. The molecule has 2 aromatic rings. The van der Waals surface area contributed by atoms with Crippen LogP contribution in [0, 0.1) is 23.5 Å². The number of benzene rings is 2. The minimum Gasteiger partial charge on any atom is -0.302 e. The molecule has 23 heavy (non-hydrogen) atoms. The molecule has 0 aliphatic carbocycles. The molecular formula is C19H19F2NO. The van der Waals surface area contributed by atoms with Gasteiger partial charge in [-0.1, -0.05) is 38.1 Å². The summed E-state index contributed by atoms with van der Waals surface area (Å²) in [6, 6.07) is 12.0. The Kier molecular flexibility index (Phi) is 4.26. The van der Waals surface area contributed by atoms with Crippen LogP contribution in [-0.2, 0) is 4.79 Å². The second-order valence-corrected chi connectivity index (χ2v) is 6.20. The minimum absolute atomic E-state index is 0.160. The van der Waals surface area contributed by atoms with E-state index in [1.165, 1.54) is 24.3 Å². The van der Waals surface area contributed by atoms with Crippen molar-refractivity contribution in [3.8, 4) is 0 Å². The average Bonchev–Trinajstić information content (AvgIpc) is 2.55. The number of carbonyl (C=O) groups excluding carboxylic acids is 1. The number of Topliss-reactive ketones (excluding diaryl/α,β-unsaturated/α-hetero) is 1. The first kappa shape index (κ1) is 15.8. The molecule has 2 aromatic carbocycles. The summed E-state index contributed by atoms with van der Waals surface area (Å²) in [5.74, 6) is -0.842. The lowest BCUT2D eigenvalue weighted by molar-refractivity contribution is -0.130. The molecule has 0 saturated carbocycles. The van der Waals surface area contributed by atoms with Gasteiger partial charge in [0.25, 0.3) is 0 Å². The van der Waals surface area contributed by atoms with Crippen molar-refractivity contribution >= 4 is 5.78 Å². The van der Waals surface area contributed by atoms with Crippen molar-refractivity contribution in [2.45, 2.75) is 25.9 Å². The Morgan fingerprint density at radius 2 is 1.09 bits per heavy atom. The average molecular weight is 315 g/mol. The van der Waals surface area contributed by atoms with Crippen LogP contribution in [0.1, 0.15) is 37.1 Å². The van der Waals surface area contributed by atoms with Gasteiger partial charge in [0.1, 0.15) is 17.4 Å². The molecule has 1 saturated heterocycles. The van der Waals surface area contributed by atoms with E-state index in [4.69, 9.17) is 0 Å². The van der Waals surface area contributed by atoms with Gasteiger partial charge in [-0.25, -0.2) is 8.78 Å². The Hall–Kier alpha value is -2.07. The Bertz CT molecular complexity index is 637. The quantitative estimate of drug-likeness (QED) is 0.900. The van der Waals surface area contributed by atoms with Crippen LogP contribution in [0.2, 0.25) is 0 Å². The van der Waals surface area contributed by atoms with E-state index in [0.29, 0.717) is 0 Å². The number of piperidine rings is 1. The molecule has 3 rings (SSSR count). The monoisotopic (exact) mass is 315 g/mol. The zero-order chi connectivity index (χ0) is 16.6. The van der Waals surface area contributed by atoms with Gasteiger partial charge in [-0.05, 0) is 35.4 Å². The van der Waals surface area contributed by atoms with E-state index in [-0.39, 0.29) is 41.3 Å². The molecule has 0 aromatic heterocycles. The van der Waals surface area contributed by atoms with Crippen LogP contribution in [-0.4, -0.2) is 5.78 Å². The van der Waals surface area contributed by atoms with Crippen LogP contribution in [0.4, 0.5) is 8.78 Å². The maximum Gasteiger partial charge on any atom is 0.142 e. The molecule has 0 amide bonds. The first-order valence-corrected chi connectivity index (χ1v) is 7.78. The molecule has 4 heteroatoms. The lowest BCUT2D eigenvalue weighted by atomic mass is 9.76. The summed E-state index contributed by atoms with van der Waals surface area (Å²) in [5.41, 5.74) is 1.76. The Labute approximate surface area is 134 Å². The largest absolute Gasteiger partial charge is 0.302 e. The molecule has 0 bridgehead atoms. The van der Waals surface area contributed by atoms with Gasteiger partial charge in [0, 0.05) is 23.9 Å². The summed E-state index contributed by atoms with van der Waals surface area (Å²) in [6.07, 6.45) is 0. The van der Waals surface area contributed by atoms with Gasteiger partial charge in [0.05, 0.1) is 0 Å². The first-order valence-electron chi connectivity index (χ1n) is 7.78. The van der Waals surface area contributed by atoms with Gasteiger partial charge in [0.15, 0.2) is 0 Å². The van der Waals surface area contributed by atoms with Gasteiger partial charge in [-0.15, -0.1) is 0 Å². The summed E-state index contributed by atoms with van der Waals surface area (Å²) in [6.45, 7) is 3.78. The fourth-order valence-electron chi connectivity index (χ4n) is 3.34. The van der Waals surface area contributed by atoms with Gasteiger partial charge >= 0.3 is 0 Å². The SMILES string of the molecule is C[C@@H]1C(=O)[C@H](C)[C@@H](c2ccc(F)cc2)N[C@H]1c1ccc(F)cc1. The van der Waals surface area contributed by atoms with Gasteiger partial charge in [0.2, 0.25) is 0 Å². The second kappa shape index (κ2) is 6.20. The highest BCUT2D eigenvalue weighted by atomic mass is 19.1. The third kappa shape index (κ3) is 3.04. The van der Waals surface area contributed by atoms with Crippen molar-refractivity contribution < 1.29 is 13.6 Å². The zero-order valence-corrected chi connectivity index (χ0v) is 13.1. The lowest BCUT2D eigenvalue weighted by Gasteiger charge is -2.39. The number of ketones is 1. The van der Waals surface area contributed by atoms with Crippen LogP contribution in [0.3, 0.4) is 0 Å². The fourth-order valence-corrected chi connectivity index (χ4v) is 3.34. The van der Waals surface area contributed by atoms with Crippen LogP contribution < -0.4 is 5.32 Å². The summed E-state index contributed by atoms with van der Waals surface area (Å²) < 4.78 is 26.3. The zero-order valence-electron chi connectivity index (χ0n) is 13.1. The smallest absolute Gasteiger partial charge is 0.142 e. The molecule has 4 atom stereocenters. The van der Waals surface area contributed by atoms with Crippen LogP contribution in [0.5, 0.6) is 0 Å². The topological polar surface area (TPSA) is 29.1 Å². The predicted molar refractivity (Wildman–Crippen MR) is 84.8 cm³/mol. The molecule has 1 aliphatic rings. The molecule has 1 N–H and O–H groups in total. The standard InChI is InChI=1S/C19H19F2NO/c1-11-17(13-3-7-15(20)8-4-13)22-18(12(2)19(11)23)14-5-9-16(21)10-6-14/h3-12,17-18,22H,1-2H3/t11-,12+,17+,18-. The first-order chi connectivity index (χ1) is 11.0. The fraction of sp³-hybridized carbons (Fsp3) is 0.316. The van der Waals surface area contributed by atoms with Crippen molar-refractivity contribution in [3.05, 3.63) is 71.3 Å². The molecule has 1 heterocycles.